The molecule has 0 aliphatic carbocycles. The Morgan fingerprint density at radius 2 is 1.00 bits per heavy atom. The summed E-state index contributed by atoms with van der Waals surface area (Å²) in [7, 11) is 5.84. The van der Waals surface area contributed by atoms with Crippen molar-refractivity contribution in [1.82, 2.24) is 28.7 Å². The van der Waals surface area contributed by atoms with Gasteiger partial charge in [-0.05, 0) is 0 Å². The molecule has 3 heterocycles. The summed E-state index contributed by atoms with van der Waals surface area (Å²) >= 11 is 0. The number of nitrogens with zero attached hydrogens (tertiary/aromatic N) is 9. The zero-order valence-electron chi connectivity index (χ0n) is 17.3. The smallest absolute Gasteiger partial charge is 0.150 e. The molecule has 0 bridgehead atoms. The normalized spacial score (nSPS) is 14.5. The van der Waals surface area contributed by atoms with Gasteiger partial charge in [0.25, 0.3) is 0 Å². The van der Waals surface area contributed by atoms with E-state index in [0.717, 1.165) is 17.5 Å². The number of hydrogen-bond acceptors (Lipinski definition) is 6. The van der Waals surface area contributed by atoms with Crippen LogP contribution in [-0.4, -0.2) is 66.9 Å². The molecule has 0 amide bonds. The monoisotopic (exact) mass is 393 g/mol. The fraction of sp³-hybridized carbons (Fsp3) is 0.400. The van der Waals surface area contributed by atoms with Crippen molar-refractivity contribution in [2.24, 2.45) is 41.5 Å². The summed E-state index contributed by atoms with van der Waals surface area (Å²) in [6.45, 7) is 3.87. The molecule has 3 aromatic rings. The number of aliphatic imine (C=N–C) groups is 3. The third kappa shape index (κ3) is 5.56. The SMILES string of the molecule is Cn1ccnc1C=NCC(C)(CN=Cc1nccn1C)CN=Cc1nccn1C. The molecule has 9 nitrogen and oxygen atoms in total. The largest absolute Gasteiger partial charge is 0.333 e. The topological polar surface area (TPSA) is 90.5 Å². The van der Waals surface area contributed by atoms with E-state index in [-0.39, 0.29) is 5.41 Å². The Morgan fingerprint density at radius 3 is 1.24 bits per heavy atom. The highest BCUT2D eigenvalue weighted by Crippen LogP contribution is 2.18. The van der Waals surface area contributed by atoms with Gasteiger partial charge in [0, 0.05) is 83.4 Å². The van der Waals surface area contributed by atoms with Crippen LogP contribution in [0.5, 0.6) is 0 Å². The van der Waals surface area contributed by atoms with Crippen molar-refractivity contribution in [3.63, 3.8) is 0 Å². The molecule has 0 fully saturated rings. The molecule has 0 spiro atoms. The molecule has 0 aliphatic heterocycles. The molecule has 0 saturated heterocycles. The fourth-order valence-electron chi connectivity index (χ4n) is 2.70. The highest BCUT2D eigenvalue weighted by Gasteiger charge is 2.23. The van der Waals surface area contributed by atoms with Gasteiger partial charge in [0.1, 0.15) is 17.5 Å². The lowest BCUT2D eigenvalue weighted by molar-refractivity contribution is 0.366. The lowest BCUT2D eigenvalue weighted by Gasteiger charge is -2.23. The van der Waals surface area contributed by atoms with Crippen LogP contribution in [-0.2, 0) is 21.1 Å². The summed E-state index contributed by atoms with van der Waals surface area (Å²) in [4.78, 5) is 26.7. The van der Waals surface area contributed by atoms with E-state index in [9.17, 15) is 0 Å². The van der Waals surface area contributed by atoms with Gasteiger partial charge in [0.15, 0.2) is 0 Å². The standard InChI is InChI=1S/C20H27N9/c1-20(14-21-11-17-24-5-8-27(17)2,15-22-12-18-25-6-9-28(18)3)16-23-13-19-26-7-10-29(19)4/h5-13H,14-16H2,1-4H3. The highest BCUT2D eigenvalue weighted by atomic mass is 15.1. The summed E-state index contributed by atoms with van der Waals surface area (Å²) in [6, 6.07) is 0. The second-order valence-electron chi connectivity index (χ2n) is 7.41. The molecular formula is C20H27N9. The molecule has 3 aromatic heterocycles. The summed E-state index contributed by atoms with van der Waals surface area (Å²) in [5, 5.41) is 0. The minimum Gasteiger partial charge on any atom is -0.333 e. The zero-order chi connectivity index (χ0) is 20.7. The van der Waals surface area contributed by atoms with E-state index >= 15 is 0 Å². The molecule has 9 heteroatoms. The van der Waals surface area contributed by atoms with E-state index in [1.807, 2.05) is 53.4 Å². The Hall–Kier alpha value is -3.36. The van der Waals surface area contributed by atoms with Crippen LogP contribution < -0.4 is 0 Å². The Bertz CT molecular complexity index is 876. The first-order chi connectivity index (χ1) is 14.0. The maximum Gasteiger partial charge on any atom is 0.150 e. The number of rotatable bonds is 9. The van der Waals surface area contributed by atoms with Crippen molar-refractivity contribution in [2.75, 3.05) is 19.6 Å². The van der Waals surface area contributed by atoms with Gasteiger partial charge >= 0.3 is 0 Å². The van der Waals surface area contributed by atoms with Gasteiger partial charge in [-0.25, -0.2) is 15.0 Å². The number of aromatic nitrogens is 6. The summed E-state index contributed by atoms with van der Waals surface area (Å²) in [6.07, 6.45) is 16.4. The van der Waals surface area contributed by atoms with Crippen molar-refractivity contribution in [1.29, 1.82) is 0 Å². The van der Waals surface area contributed by atoms with Crippen LogP contribution in [0.3, 0.4) is 0 Å². The van der Waals surface area contributed by atoms with Gasteiger partial charge in [0.2, 0.25) is 0 Å². The lowest BCUT2D eigenvalue weighted by Crippen LogP contribution is -2.28. The molecule has 0 aliphatic rings. The van der Waals surface area contributed by atoms with Crippen LogP contribution in [0.1, 0.15) is 24.4 Å². The minimum atomic E-state index is -0.245. The molecule has 29 heavy (non-hydrogen) atoms. The minimum absolute atomic E-state index is 0.245. The maximum absolute atomic E-state index is 4.62. The summed E-state index contributed by atoms with van der Waals surface area (Å²) in [5.74, 6) is 2.46. The third-order valence-corrected chi connectivity index (χ3v) is 4.61. The second-order valence-corrected chi connectivity index (χ2v) is 7.41. The van der Waals surface area contributed by atoms with Crippen molar-refractivity contribution < 1.29 is 0 Å². The summed E-state index contributed by atoms with van der Waals surface area (Å²) < 4.78 is 5.79. The first-order valence-corrected chi connectivity index (χ1v) is 9.38. The van der Waals surface area contributed by atoms with Crippen LogP contribution in [0, 0.1) is 5.41 Å². The third-order valence-electron chi connectivity index (χ3n) is 4.61. The number of imidazole rings is 3. The number of hydrogen-bond donors (Lipinski definition) is 0. The molecule has 0 saturated carbocycles. The Morgan fingerprint density at radius 1 is 0.690 bits per heavy atom. The van der Waals surface area contributed by atoms with Crippen LogP contribution in [0.4, 0.5) is 0 Å². The van der Waals surface area contributed by atoms with Gasteiger partial charge in [-0.2, -0.15) is 0 Å². The van der Waals surface area contributed by atoms with E-state index in [1.165, 1.54) is 0 Å². The van der Waals surface area contributed by atoms with Gasteiger partial charge in [-0.15, -0.1) is 0 Å². The number of aryl methyl sites for hydroxylation is 3. The van der Waals surface area contributed by atoms with Gasteiger partial charge in [-0.3, -0.25) is 15.0 Å². The molecule has 0 unspecified atom stereocenters. The van der Waals surface area contributed by atoms with Crippen LogP contribution in [0.15, 0.2) is 52.2 Å². The van der Waals surface area contributed by atoms with Crippen molar-refractivity contribution in [2.45, 2.75) is 6.92 Å². The highest BCUT2D eigenvalue weighted by molar-refractivity contribution is 5.76. The van der Waals surface area contributed by atoms with E-state index in [0.29, 0.717) is 19.6 Å². The first kappa shape index (κ1) is 20.4. The Kier molecular flexibility index (Phi) is 6.48. The van der Waals surface area contributed by atoms with Crippen LogP contribution >= 0.6 is 0 Å². The Labute approximate surface area is 170 Å². The predicted molar refractivity (Wildman–Crippen MR) is 115 cm³/mol. The molecule has 3 rings (SSSR count). The predicted octanol–water partition coefficient (Wildman–Crippen LogP) is 1.55. The second kappa shape index (κ2) is 9.22. The van der Waals surface area contributed by atoms with Crippen molar-refractivity contribution in [3.8, 4) is 0 Å². The van der Waals surface area contributed by atoms with E-state index < -0.39 is 0 Å². The molecule has 0 radical (unpaired) electrons. The van der Waals surface area contributed by atoms with Gasteiger partial charge in [0.05, 0.1) is 18.6 Å². The van der Waals surface area contributed by atoms with Crippen molar-refractivity contribution in [3.05, 3.63) is 54.7 Å². The lowest BCUT2D eigenvalue weighted by atomic mass is 9.91. The molecule has 0 N–H and O–H groups in total. The van der Waals surface area contributed by atoms with Crippen LogP contribution in [0.2, 0.25) is 0 Å². The van der Waals surface area contributed by atoms with Gasteiger partial charge < -0.3 is 13.7 Å². The average molecular weight is 393 g/mol. The van der Waals surface area contributed by atoms with E-state index in [2.05, 4.69) is 36.9 Å². The van der Waals surface area contributed by atoms with E-state index in [1.54, 1.807) is 37.2 Å². The maximum atomic E-state index is 4.62. The molecule has 0 aromatic carbocycles. The van der Waals surface area contributed by atoms with Gasteiger partial charge in [-0.1, -0.05) is 6.92 Å². The fourth-order valence-corrected chi connectivity index (χ4v) is 2.70. The zero-order valence-corrected chi connectivity index (χ0v) is 17.3. The average Bonchev–Trinajstić information content (AvgIpc) is 3.39. The Balaban J connectivity index is 1.70. The molecule has 152 valence electrons. The molecule has 0 atom stereocenters. The summed E-state index contributed by atoms with van der Waals surface area (Å²) in [5.41, 5.74) is -0.245. The van der Waals surface area contributed by atoms with Crippen molar-refractivity contribution >= 4 is 18.6 Å². The van der Waals surface area contributed by atoms with Crippen LogP contribution in [0.25, 0.3) is 0 Å². The molecular weight excluding hydrogens is 366 g/mol. The quantitative estimate of drug-likeness (QED) is 0.517. The van der Waals surface area contributed by atoms with E-state index in [4.69, 9.17) is 0 Å². The first-order valence-electron chi connectivity index (χ1n) is 9.38.